The van der Waals surface area contributed by atoms with E-state index in [1.807, 2.05) is 22.6 Å². The lowest BCUT2D eigenvalue weighted by molar-refractivity contribution is -0.129. The summed E-state index contributed by atoms with van der Waals surface area (Å²) in [5.41, 5.74) is 0.217. The van der Waals surface area contributed by atoms with E-state index in [0.717, 1.165) is 19.3 Å². The van der Waals surface area contributed by atoms with Crippen LogP contribution in [0.1, 0.15) is 25.7 Å². The fraction of sp³-hybridized carbons (Fsp3) is 0.462. The van der Waals surface area contributed by atoms with Crippen molar-refractivity contribution >= 4 is 34.2 Å². The molecular weight excluding hydrogens is 348 g/mol. The number of benzene rings is 1. The molecule has 0 radical (unpaired) electrons. The van der Waals surface area contributed by atoms with Gasteiger partial charge in [-0.05, 0) is 54.0 Å². The molecule has 3 nitrogen and oxygen atoms in total. The van der Waals surface area contributed by atoms with Crippen molar-refractivity contribution in [1.82, 2.24) is 0 Å². The first kappa shape index (κ1) is 13.7. The topological polar surface area (TPSA) is 38.3 Å². The van der Waals surface area contributed by atoms with E-state index in [2.05, 4.69) is 5.32 Å². The van der Waals surface area contributed by atoms with E-state index in [-0.39, 0.29) is 17.3 Å². The van der Waals surface area contributed by atoms with Gasteiger partial charge in [0, 0.05) is 7.11 Å². The van der Waals surface area contributed by atoms with Gasteiger partial charge >= 0.3 is 0 Å². The number of hydrogen-bond acceptors (Lipinski definition) is 2. The number of anilines is 1. The van der Waals surface area contributed by atoms with E-state index in [9.17, 15) is 9.18 Å². The van der Waals surface area contributed by atoms with Gasteiger partial charge in [-0.25, -0.2) is 4.39 Å². The Kier molecular flexibility index (Phi) is 4.21. The van der Waals surface area contributed by atoms with Gasteiger partial charge in [0.05, 0.1) is 21.3 Å². The van der Waals surface area contributed by atoms with Crippen molar-refractivity contribution in [3.8, 4) is 0 Å². The van der Waals surface area contributed by atoms with Gasteiger partial charge in [0.15, 0.2) is 0 Å². The third kappa shape index (κ3) is 2.83. The van der Waals surface area contributed by atoms with Gasteiger partial charge in [-0.3, -0.25) is 4.79 Å². The van der Waals surface area contributed by atoms with Gasteiger partial charge in [-0.15, -0.1) is 0 Å². The van der Waals surface area contributed by atoms with Gasteiger partial charge in [0.1, 0.15) is 5.82 Å². The number of hydrogen-bond donors (Lipinski definition) is 1. The highest BCUT2D eigenvalue weighted by atomic mass is 127. The highest BCUT2D eigenvalue weighted by Crippen LogP contribution is 2.38. The summed E-state index contributed by atoms with van der Waals surface area (Å²) in [6, 6.07) is 4.66. The second-order valence-electron chi connectivity index (χ2n) is 4.57. The molecule has 0 bridgehead atoms. The Morgan fingerprint density at radius 3 is 2.83 bits per heavy atom. The van der Waals surface area contributed by atoms with Crippen LogP contribution >= 0.6 is 22.6 Å². The number of carbonyl (C=O) groups is 1. The van der Waals surface area contributed by atoms with Crippen LogP contribution in [0.2, 0.25) is 0 Å². The molecule has 1 aliphatic carbocycles. The summed E-state index contributed by atoms with van der Waals surface area (Å²) in [4.78, 5) is 11.9. The number of nitrogens with one attached hydrogen (secondary N) is 1. The molecule has 18 heavy (non-hydrogen) atoms. The van der Waals surface area contributed by atoms with Crippen molar-refractivity contribution in [2.24, 2.45) is 0 Å². The van der Waals surface area contributed by atoms with Crippen LogP contribution < -0.4 is 5.32 Å². The number of carbonyl (C=O) groups excluding carboxylic acids is 1. The Hall–Kier alpha value is -0.690. The molecule has 0 saturated heterocycles. The minimum atomic E-state index is -0.321. The molecule has 1 aromatic rings. The highest BCUT2D eigenvalue weighted by Gasteiger charge is 2.39. The SMILES string of the molecule is COC1(CC(=O)Nc2cccc(F)c2I)CCC1. The van der Waals surface area contributed by atoms with Crippen LogP contribution in [0.25, 0.3) is 0 Å². The minimum Gasteiger partial charge on any atom is -0.378 e. The quantitative estimate of drug-likeness (QED) is 0.834. The molecule has 1 N–H and O–H groups in total. The van der Waals surface area contributed by atoms with Gasteiger partial charge in [-0.1, -0.05) is 6.07 Å². The summed E-state index contributed by atoms with van der Waals surface area (Å²) in [6.45, 7) is 0. The maximum atomic E-state index is 13.3. The summed E-state index contributed by atoms with van der Waals surface area (Å²) < 4.78 is 19.2. The van der Waals surface area contributed by atoms with Crippen molar-refractivity contribution in [3.63, 3.8) is 0 Å². The van der Waals surface area contributed by atoms with Crippen LogP contribution in [0, 0.1) is 9.39 Å². The van der Waals surface area contributed by atoms with Gasteiger partial charge in [0.2, 0.25) is 5.91 Å². The van der Waals surface area contributed by atoms with Gasteiger partial charge in [-0.2, -0.15) is 0 Å². The van der Waals surface area contributed by atoms with Crippen LogP contribution in [-0.2, 0) is 9.53 Å². The van der Waals surface area contributed by atoms with Crippen LogP contribution in [-0.4, -0.2) is 18.6 Å². The lowest BCUT2D eigenvalue weighted by atomic mass is 9.77. The molecule has 1 aromatic carbocycles. The molecule has 1 amide bonds. The first-order valence-electron chi connectivity index (χ1n) is 5.85. The van der Waals surface area contributed by atoms with E-state index in [1.165, 1.54) is 6.07 Å². The van der Waals surface area contributed by atoms with Crippen LogP contribution in [0.3, 0.4) is 0 Å². The van der Waals surface area contributed by atoms with Crippen LogP contribution in [0.15, 0.2) is 18.2 Å². The van der Waals surface area contributed by atoms with Crippen molar-refractivity contribution in [3.05, 3.63) is 27.6 Å². The molecule has 0 heterocycles. The Labute approximate surface area is 119 Å². The maximum absolute atomic E-state index is 13.3. The smallest absolute Gasteiger partial charge is 0.227 e. The Morgan fingerprint density at radius 1 is 1.56 bits per heavy atom. The molecule has 0 spiro atoms. The number of methoxy groups -OCH3 is 1. The number of rotatable bonds is 4. The average molecular weight is 363 g/mol. The zero-order valence-electron chi connectivity index (χ0n) is 10.1. The predicted octanol–water partition coefficient (Wildman–Crippen LogP) is 3.33. The van der Waals surface area contributed by atoms with E-state index in [1.54, 1.807) is 19.2 Å². The first-order valence-corrected chi connectivity index (χ1v) is 6.93. The lowest BCUT2D eigenvalue weighted by Gasteiger charge is -2.39. The molecule has 1 aliphatic rings. The zero-order chi connectivity index (χ0) is 13.2. The van der Waals surface area contributed by atoms with Gasteiger partial charge in [0.25, 0.3) is 0 Å². The third-order valence-corrected chi connectivity index (χ3v) is 4.50. The Balaban J connectivity index is 2.01. The molecule has 0 atom stereocenters. The fourth-order valence-electron chi connectivity index (χ4n) is 2.11. The highest BCUT2D eigenvalue weighted by molar-refractivity contribution is 14.1. The molecule has 0 unspecified atom stereocenters. The average Bonchev–Trinajstić information content (AvgIpc) is 2.30. The number of halogens is 2. The minimum absolute atomic E-state index is 0.125. The largest absolute Gasteiger partial charge is 0.378 e. The van der Waals surface area contributed by atoms with E-state index in [4.69, 9.17) is 4.74 Å². The normalized spacial score (nSPS) is 17.1. The number of ether oxygens (including phenoxy) is 1. The van der Waals surface area contributed by atoms with E-state index in [0.29, 0.717) is 15.7 Å². The predicted molar refractivity (Wildman–Crippen MR) is 76.0 cm³/mol. The molecular formula is C13H15FINO2. The second-order valence-corrected chi connectivity index (χ2v) is 5.65. The molecule has 1 saturated carbocycles. The summed E-state index contributed by atoms with van der Waals surface area (Å²) >= 11 is 1.89. The Bertz CT molecular complexity index is 455. The maximum Gasteiger partial charge on any atom is 0.227 e. The standard InChI is InChI=1S/C13H15FINO2/c1-18-13(6-3-7-13)8-11(17)16-10-5-2-4-9(14)12(10)15/h2,4-5H,3,6-8H2,1H3,(H,16,17). The van der Waals surface area contributed by atoms with Gasteiger partial charge < -0.3 is 10.1 Å². The molecule has 0 aliphatic heterocycles. The second kappa shape index (κ2) is 5.52. The molecule has 2 rings (SSSR count). The van der Waals surface area contributed by atoms with Crippen LogP contribution in [0.5, 0.6) is 0 Å². The van der Waals surface area contributed by atoms with Crippen molar-refractivity contribution in [2.45, 2.75) is 31.3 Å². The van der Waals surface area contributed by atoms with E-state index >= 15 is 0 Å². The van der Waals surface area contributed by atoms with E-state index < -0.39 is 0 Å². The third-order valence-electron chi connectivity index (χ3n) is 3.41. The summed E-state index contributed by atoms with van der Waals surface area (Å²) in [5.74, 6) is -0.446. The lowest BCUT2D eigenvalue weighted by Crippen LogP contribution is -2.42. The monoisotopic (exact) mass is 363 g/mol. The first-order chi connectivity index (χ1) is 8.56. The van der Waals surface area contributed by atoms with Crippen LogP contribution in [0.4, 0.5) is 10.1 Å². The fourth-order valence-corrected chi connectivity index (χ4v) is 2.61. The van der Waals surface area contributed by atoms with Crippen molar-refractivity contribution in [2.75, 3.05) is 12.4 Å². The molecule has 5 heteroatoms. The summed E-state index contributed by atoms with van der Waals surface area (Å²) in [6.07, 6.45) is 3.25. The molecule has 0 aromatic heterocycles. The Morgan fingerprint density at radius 2 is 2.28 bits per heavy atom. The number of amides is 1. The zero-order valence-corrected chi connectivity index (χ0v) is 12.3. The summed E-state index contributed by atoms with van der Waals surface area (Å²) in [5, 5.41) is 2.74. The van der Waals surface area contributed by atoms with Crippen molar-refractivity contribution in [1.29, 1.82) is 0 Å². The molecule has 1 fully saturated rings. The summed E-state index contributed by atoms with van der Waals surface area (Å²) in [7, 11) is 1.64. The molecule has 98 valence electrons. The van der Waals surface area contributed by atoms with Crippen molar-refractivity contribution < 1.29 is 13.9 Å².